The molecule has 0 radical (unpaired) electrons. The summed E-state index contributed by atoms with van der Waals surface area (Å²) < 4.78 is 1.19. The zero-order valence-corrected chi connectivity index (χ0v) is 11.4. The number of H-pyrrole nitrogens is 1. The molecular formula is C11H12N2O3S2. The number of carbonyl (C=O) groups is 1. The van der Waals surface area contributed by atoms with Crippen molar-refractivity contribution in [2.75, 3.05) is 0 Å². The fourth-order valence-corrected chi connectivity index (χ4v) is 4.26. The van der Waals surface area contributed by atoms with Crippen LogP contribution in [0.1, 0.15) is 24.2 Å². The number of aromatic nitrogens is 1. The topological polar surface area (TPSA) is 96.2 Å². The minimum atomic E-state index is -0.606. The Hall–Kier alpha value is -1.47. The van der Waals surface area contributed by atoms with Crippen molar-refractivity contribution in [2.45, 2.75) is 23.3 Å². The summed E-state index contributed by atoms with van der Waals surface area (Å²) in [6.07, 6.45) is 0. The highest BCUT2D eigenvalue weighted by molar-refractivity contribution is 8.01. The highest BCUT2D eigenvalue weighted by atomic mass is 32.2. The van der Waals surface area contributed by atoms with Crippen molar-refractivity contribution in [2.24, 2.45) is 5.73 Å². The van der Waals surface area contributed by atoms with Crippen LogP contribution in [0, 0.1) is 0 Å². The van der Waals surface area contributed by atoms with Gasteiger partial charge in [-0.25, -0.2) is 0 Å². The number of thioether (sulfide) groups is 1. The molecule has 2 aromatic heterocycles. The molecule has 5 nitrogen and oxygen atoms in total. The molecule has 18 heavy (non-hydrogen) atoms. The van der Waals surface area contributed by atoms with E-state index in [4.69, 9.17) is 5.73 Å². The molecule has 7 heteroatoms. The zero-order chi connectivity index (χ0) is 13.4. The van der Waals surface area contributed by atoms with Crippen LogP contribution in [-0.2, 0) is 0 Å². The van der Waals surface area contributed by atoms with Gasteiger partial charge in [-0.1, -0.05) is 13.8 Å². The number of hydrogen-bond acceptors (Lipinski definition) is 5. The average Bonchev–Trinajstić information content (AvgIpc) is 2.54. The highest BCUT2D eigenvalue weighted by Gasteiger charge is 2.21. The van der Waals surface area contributed by atoms with E-state index in [9.17, 15) is 14.7 Å². The number of carbonyl (C=O) groups excluding carboxylic acids is 1. The van der Waals surface area contributed by atoms with E-state index in [1.165, 1.54) is 23.1 Å². The molecule has 0 aliphatic rings. The third-order valence-electron chi connectivity index (χ3n) is 2.21. The fourth-order valence-electron chi connectivity index (χ4n) is 1.58. The van der Waals surface area contributed by atoms with Gasteiger partial charge in [-0.05, 0) is 0 Å². The van der Waals surface area contributed by atoms with E-state index < -0.39 is 11.5 Å². The van der Waals surface area contributed by atoms with Gasteiger partial charge in [-0.2, -0.15) is 0 Å². The third kappa shape index (κ3) is 2.23. The summed E-state index contributed by atoms with van der Waals surface area (Å²) in [4.78, 5) is 25.4. The molecule has 0 atom stereocenters. The molecule has 2 aromatic rings. The maximum atomic E-state index is 11.5. The van der Waals surface area contributed by atoms with Crippen LogP contribution in [0.4, 0.5) is 0 Å². The lowest BCUT2D eigenvalue weighted by atomic mass is 10.2. The van der Waals surface area contributed by atoms with Gasteiger partial charge in [0.15, 0.2) is 0 Å². The van der Waals surface area contributed by atoms with Gasteiger partial charge < -0.3 is 15.8 Å². The van der Waals surface area contributed by atoms with Crippen LogP contribution in [0.3, 0.4) is 0 Å². The summed E-state index contributed by atoms with van der Waals surface area (Å²) >= 11 is 2.74. The molecule has 0 aromatic carbocycles. The molecule has 0 aliphatic carbocycles. The Morgan fingerprint density at radius 1 is 1.56 bits per heavy atom. The quantitative estimate of drug-likeness (QED) is 0.750. The molecule has 0 saturated heterocycles. The Morgan fingerprint density at radius 3 is 2.78 bits per heavy atom. The zero-order valence-electron chi connectivity index (χ0n) is 9.81. The molecule has 0 spiro atoms. The summed E-state index contributed by atoms with van der Waals surface area (Å²) in [5, 5.41) is 10.0. The maximum absolute atomic E-state index is 11.5. The van der Waals surface area contributed by atoms with Crippen molar-refractivity contribution in [1.82, 2.24) is 4.98 Å². The van der Waals surface area contributed by atoms with E-state index in [0.29, 0.717) is 14.4 Å². The first kappa shape index (κ1) is 13.0. The van der Waals surface area contributed by atoms with Crippen LogP contribution < -0.4 is 11.3 Å². The lowest BCUT2D eigenvalue weighted by molar-refractivity contribution is 0.0999. The van der Waals surface area contributed by atoms with Gasteiger partial charge in [-0.3, -0.25) is 9.59 Å². The van der Waals surface area contributed by atoms with Gasteiger partial charge in [0.1, 0.15) is 5.75 Å². The number of aromatic amines is 1. The number of pyridine rings is 1. The van der Waals surface area contributed by atoms with E-state index in [1.54, 1.807) is 0 Å². The van der Waals surface area contributed by atoms with Crippen molar-refractivity contribution in [3.8, 4) is 5.75 Å². The molecule has 0 aliphatic heterocycles. The van der Waals surface area contributed by atoms with Crippen molar-refractivity contribution in [1.29, 1.82) is 0 Å². The standard InChI is InChI=1S/C11H12N2O3S2/c1-4(2)17-11-7(10(12)16)8-9(18-11)5(14)3-6(15)13-8/h3-4H,1-2H3,(H2,12,16)(H2,13,14,15). The van der Waals surface area contributed by atoms with Gasteiger partial charge in [0, 0.05) is 11.3 Å². The summed E-state index contributed by atoms with van der Waals surface area (Å²) in [6, 6.07) is 1.09. The third-order valence-corrected chi connectivity index (χ3v) is 4.65. The van der Waals surface area contributed by atoms with E-state index >= 15 is 0 Å². The molecular weight excluding hydrogens is 272 g/mol. The Kier molecular flexibility index (Phi) is 3.36. The number of nitrogens with two attached hydrogens (primary N) is 1. The van der Waals surface area contributed by atoms with Crippen LogP contribution >= 0.6 is 23.1 Å². The van der Waals surface area contributed by atoms with Crippen LogP contribution in [-0.4, -0.2) is 21.2 Å². The SMILES string of the molecule is CC(C)Sc1sc2c(O)cc(=O)[nH]c2c1C(N)=O. The molecule has 0 fully saturated rings. The van der Waals surface area contributed by atoms with E-state index in [-0.39, 0.29) is 16.6 Å². The van der Waals surface area contributed by atoms with E-state index in [0.717, 1.165) is 6.07 Å². The van der Waals surface area contributed by atoms with Crippen molar-refractivity contribution in [3.05, 3.63) is 22.0 Å². The molecule has 0 saturated carbocycles. The van der Waals surface area contributed by atoms with Crippen LogP contribution in [0.2, 0.25) is 0 Å². The first-order valence-electron chi connectivity index (χ1n) is 5.25. The van der Waals surface area contributed by atoms with E-state index in [1.807, 2.05) is 13.8 Å². The molecule has 2 rings (SSSR count). The van der Waals surface area contributed by atoms with Gasteiger partial charge in [-0.15, -0.1) is 23.1 Å². The van der Waals surface area contributed by atoms with Crippen LogP contribution in [0.25, 0.3) is 10.2 Å². The van der Waals surface area contributed by atoms with Gasteiger partial charge in [0.25, 0.3) is 11.5 Å². The second kappa shape index (κ2) is 4.66. The van der Waals surface area contributed by atoms with Crippen LogP contribution in [0.15, 0.2) is 15.1 Å². The molecule has 2 heterocycles. The normalized spacial score (nSPS) is 11.3. The number of fused-ring (bicyclic) bond motifs is 1. The molecule has 96 valence electrons. The lowest BCUT2D eigenvalue weighted by Gasteiger charge is -2.03. The first-order valence-corrected chi connectivity index (χ1v) is 6.95. The minimum Gasteiger partial charge on any atom is -0.506 e. The highest BCUT2D eigenvalue weighted by Crippen LogP contribution is 2.41. The molecule has 0 unspecified atom stereocenters. The Balaban J connectivity index is 2.79. The largest absolute Gasteiger partial charge is 0.506 e. The minimum absolute atomic E-state index is 0.128. The first-order chi connectivity index (χ1) is 8.40. The molecule has 4 N–H and O–H groups in total. The summed E-state index contributed by atoms with van der Waals surface area (Å²) in [5.74, 6) is -0.734. The molecule has 0 bridgehead atoms. The van der Waals surface area contributed by atoms with Gasteiger partial charge in [0.05, 0.1) is 20.0 Å². The Morgan fingerprint density at radius 2 is 2.22 bits per heavy atom. The summed E-state index contributed by atoms with van der Waals surface area (Å²) in [7, 11) is 0. The van der Waals surface area contributed by atoms with Gasteiger partial charge >= 0.3 is 0 Å². The smallest absolute Gasteiger partial charge is 0.252 e. The summed E-state index contributed by atoms with van der Waals surface area (Å²) in [6.45, 7) is 3.98. The number of rotatable bonds is 3. The number of nitrogens with one attached hydrogen (secondary N) is 1. The predicted octanol–water partition coefficient (Wildman–Crippen LogP) is 1.89. The Labute approximate surface area is 111 Å². The number of aromatic hydroxyl groups is 1. The maximum Gasteiger partial charge on any atom is 0.252 e. The number of thiophene rings is 1. The van der Waals surface area contributed by atoms with Gasteiger partial charge in [0.2, 0.25) is 0 Å². The van der Waals surface area contributed by atoms with Crippen molar-refractivity contribution >= 4 is 39.2 Å². The predicted molar refractivity (Wildman–Crippen MR) is 73.6 cm³/mol. The van der Waals surface area contributed by atoms with Crippen molar-refractivity contribution in [3.63, 3.8) is 0 Å². The molecule has 1 amide bonds. The lowest BCUT2D eigenvalue weighted by Crippen LogP contribution is -2.13. The Bertz CT molecular complexity index is 673. The second-order valence-corrected chi connectivity index (χ2v) is 6.88. The van der Waals surface area contributed by atoms with Crippen LogP contribution in [0.5, 0.6) is 5.75 Å². The fraction of sp³-hybridized carbons (Fsp3) is 0.273. The monoisotopic (exact) mass is 284 g/mol. The number of primary amides is 1. The second-order valence-electron chi connectivity index (χ2n) is 4.02. The average molecular weight is 284 g/mol. The summed E-state index contributed by atoms with van der Waals surface area (Å²) in [5.41, 5.74) is 5.49. The van der Waals surface area contributed by atoms with Crippen molar-refractivity contribution < 1.29 is 9.90 Å². The number of hydrogen-bond donors (Lipinski definition) is 3. The number of amides is 1. The van der Waals surface area contributed by atoms with E-state index in [2.05, 4.69) is 4.98 Å².